The number of ketones is 1. The fraction of sp³-hybridized carbons (Fsp3) is 0.567. The second kappa shape index (κ2) is 13.0. The predicted molar refractivity (Wildman–Crippen MR) is 134 cm³/mol. The molecule has 33 heavy (non-hydrogen) atoms. The van der Waals surface area contributed by atoms with Crippen LogP contribution in [0.1, 0.15) is 112 Å². The molecule has 0 N–H and O–H groups in total. The van der Waals surface area contributed by atoms with E-state index in [4.69, 9.17) is 0 Å². The molecule has 0 aliphatic heterocycles. The van der Waals surface area contributed by atoms with Crippen LogP contribution in [-0.2, 0) is 12.8 Å². The highest BCUT2D eigenvalue weighted by Gasteiger charge is 2.31. The molecule has 0 fully saturated rings. The summed E-state index contributed by atoms with van der Waals surface area (Å²) in [6.07, 6.45) is 14.9. The summed E-state index contributed by atoms with van der Waals surface area (Å²) >= 11 is 0. The number of benzene rings is 2. The molecule has 0 heterocycles. The number of unbranched alkanes of at least 4 members (excludes halogenated alkanes) is 8. The molecule has 1 unspecified atom stereocenters. The maximum Gasteiger partial charge on any atom is 0.166 e. The quantitative estimate of drug-likeness (QED) is 0.276. The summed E-state index contributed by atoms with van der Waals surface area (Å²) in [5.74, 6) is -1.35. The van der Waals surface area contributed by atoms with Crippen LogP contribution in [0.3, 0.4) is 0 Å². The maximum atomic E-state index is 15.4. The first kappa shape index (κ1) is 25.6. The molecule has 0 saturated heterocycles. The van der Waals surface area contributed by atoms with Gasteiger partial charge in [0.2, 0.25) is 0 Å². The lowest BCUT2D eigenvalue weighted by molar-refractivity contribution is 0.0890. The molecule has 0 bridgehead atoms. The first-order chi connectivity index (χ1) is 16.1. The maximum absolute atomic E-state index is 15.4. The summed E-state index contributed by atoms with van der Waals surface area (Å²) < 4.78 is 30.4. The molecule has 3 rings (SSSR count). The summed E-state index contributed by atoms with van der Waals surface area (Å²) in [5.41, 5.74) is 2.43. The Kier molecular flexibility index (Phi) is 10.1. The third-order valence-electron chi connectivity index (χ3n) is 7.17. The Morgan fingerprint density at radius 3 is 2.18 bits per heavy atom. The fourth-order valence-corrected chi connectivity index (χ4v) is 5.10. The second-order valence-electron chi connectivity index (χ2n) is 9.74. The van der Waals surface area contributed by atoms with Gasteiger partial charge in [-0.25, -0.2) is 8.78 Å². The molecule has 0 amide bonds. The molecule has 0 aromatic heterocycles. The van der Waals surface area contributed by atoms with E-state index in [2.05, 4.69) is 13.8 Å². The Balaban J connectivity index is 1.67. The largest absolute Gasteiger partial charge is 0.294 e. The molecule has 0 saturated carbocycles. The van der Waals surface area contributed by atoms with Crippen molar-refractivity contribution in [3.05, 3.63) is 58.7 Å². The van der Waals surface area contributed by atoms with E-state index in [0.29, 0.717) is 24.0 Å². The van der Waals surface area contributed by atoms with Crippen LogP contribution in [0, 0.1) is 17.6 Å². The van der Waals surface area contributed by atoms with Gasteiger partial charge in [0.15, 0.2) is 5.78 Å². The van der Waals surface area contributed by atoms with Gasteiger partial charge in [0.25, 0.3) is 0 Å². The van der Waals surface area contributed by atoms with Crippen molar-refractivity contribution in [2.45, 2.75) is 104 Å². The highest BCUT2D eigenvalue weighted by Crippen LogP contribution is 2.36. The molecule has 0 radical (unpaired) electrons. The van der Waals surface area contributed by atoms with E-state index < -0.39 is 11.6 Å². The van der Waals surface area contributed by atoms with Crippen molar-refractivity contribution >= 4 is 5.78 Å². The second-order valence-corrected chi connectivity index (χ2v) is 9.74. The van der Waals surface area contributed by atoms with Crippen molar-refractivity contribution < 1.29 is 13.6 Å². The molecule has 2 aromatic carbocycles. The van der Waals surface area contributed by atoms with Crippen LogP contribution < -0.4 is 0 Å². The Labute approximate surface area is 199 Å². The van der Waals surface area contributed by atoms with E-state index in [0.717, 1.165) is 38.5 Å². The molecule has 180 valence electrons. The van der Waals surface area contributed by atoms with Gasteiger partial charge in [0.05, 0.1) is 5.56 Å². The lowest BCUT2D eigenvalue weighted by Gasteiger charge is -2.25. The predicted octanol–water partition coefficient (Wildman–Crippen LogP) is 9.25. The number of rotatable bonds is 13. The fourth-order valence-electron chi connectivity index (χ4n) is 5.10. The molecule has 1 aliphatic rings. The van der Waals surface area contributed by atoms with Gasteiger partial charge in [-0.2, -0.15) is 0 Å². The third kappa shape index (κ3) is 6.74. The van der Waals surface area contributed by atoms with E-state index >= 15 is 8.78 Å². The minimum Gasteiger partial charge on any atom is -0.294 e. The Morgan fingerprint density at radius 1 is 0.848 bits per heavy atom. The SMILES string of the molecule is CCCCCCCCc1ccc(-c2c(F)cc3c(c2F)CCC(CCCCCC)C3=O)cc1. The minimum absolute atomic E-state index is 0.00839. The third-order valence-corrected chi connectivity index (χ3v) is 7.17. The molecule has 1 nitrogen and oxygen atoms in total. The van der Waals surface area contributed by atoms with Crippen molar-refractivity contribution in [3.63, 3.8) is 0 Å². The van der Waals surface area contributed by atoms with Gasteiger partial charge < -0.3 is 0 Å². The van der Waals surface area contributed by atoms with Crippen LogP contribution in [0.25, 0.3) is 11.1 Å². The molecule has 0 spiro atoms. The van der Waals surface area contributed by atoms with Crippen LogP contribution in [0.2, 0.25) is 0 Å². The van der Waals surface area contributed by atoms with E-state index in [-0.39, 0.29) is 22.8 Å². The standard InChI is InChI=1S/C30H40F2O/c1-3-5-7-9-10-11-13-22-15-17-23(18-16-22)28-27(31)21-26-25(29(28)32)20-19-24(30(26)33)14-12-8-6-4-2/h15-18,21,24H,3-14,19-20H2,1-2H3. The number of Topliss-reactive ketones (excluding diaryl/α,β-unsaturated/α-hetero) is 1. The zero-order valence-corrected chi connectivity index (χ0v) is 20.5. The Morgan fingerprint density at radius 2 is 1.48 bits per heavy atom. The molecular weight excluding hydrogens is 414 g/mol. The molecule has 1 atom stereocenters. The topological polar surface area (TPSA) is 17.1 Å². The highest BCUT2D eigenvalue weighted by molar-refractivity contribution is 6.00. The zero-order valence-electron chi connectivity index (χ0n) is 20.5. The smallest absolute Gasteiger partial charge is 0.166 e. The Hall–Kier alpha value is -2.03. The van der Waals surface area contributed by atoms with Gasteiger partial charge in [-0.1, -0.05) is 95.9 Å². The summed E-state index contributed by atoms with van der Waals surface area (Å²) in [5, 5.41) is 0. The van der Waals surface area contributed by atoms with Gasteiger partial charge in [0.1, 0.15) is 11.6 Å². The van der Waals surface area contributed by atoms with Crippen LogP contribution in [-0.4, -0.2) is 5.78 Å². The first-order valence-corrected chi connectivity index (χ1v) is 13.2. The van der Waals surface area contributed by atoms with E-state index in [1.807, 2.05) is 24.3 Å². The molecule has 1 aliphatic carbocycles. The zero-order chi connectivity index (χ0) is 23.6. The number of fused-ring (bicyclic) bond motifs is 1. The van der Waals surface area contributed by atoms with Crippen molar-refractivity contribution in [2.75, 3.05) is 0 Å². The van der Waals surface area contributed by atoms with Crippen molar-refractivity contribution in [1.29, 1.82) is 0 Å². The lowest BCUT2D eigenvalue weighted by Crippen LogP contribution is -2.24. The van der Waals surface area contributed by atoms with Gasteiger partial charge in [0, 0.05) is 11.5 Å². The first-order valence-electron chi connectivity index (χ1n) is 13.2. The number of halogens is 2. The number of carbonyl (C=O) groups is 1. The van der Waals surface area contributed by atoms with Gasteiger partial charge in [-0.05, 0) is 54.9 Å². The average Bonchev–Trinajstić information content (AvgIpc) is 2.81. The van der Waals surface area contributed by atoms with Crippen LogP contribution in [0.15, 0.2) is 30.3 Å². The molecular formula is C30H40F2O. The van der Waals surface area contributed by atoms with Crippen LogP contribution in [0.4, 0.5) is 8.78 Å². The minimum atomic E-state index is -0.630. The molecule has 2 aromatic rings. The summed E-state index contributed by atoms with van der Waals surface area (Å²) in [6.45, 7) is 4.38. The van der Waals surface area contributed by atoms with E-state index in [9.17, 15) is 4.79 Å². The van der Waals surface area contributed by atoms with Crippen LogP contribution >= 0.6 is 0 Å². The number of hydrogen-bond acceptors (Lipinski definition) is 1. The van der Waals surface area contributed by atoms with Gasteiger partial charge in [-0.15, -0.1) is 0 Å². The van der Waals surface area contributed by atoms with Crippen molar-refractivity contribution in [2.24, 2.45) is 5.92 Å². The lowest BCUT2D eigenvalue weighted by atomic mass is 9.79. The number of hydrogen-bond donors (Lipinski definition) is 0. The number of carbonyl (C=O) groups excluding carboxylic acids is 1. The summed E-state index contributed by atoms with van der Waals surface area (Å²) in [7, 11) is 0. The summed E-state index contributed by atoms with van der Waals surface area (Å²) in [4.78, 5) is 12.9. The summed E-state index contributed by atoms with van der Waals surface area (Å²) in [6, 6.07) is 8.90. The Bertz CT molecular complexity index is 901. The number of aryl methyl sites for hydroxylation is 1. The van der Waals surface area contributed by atoms with Gasteiger partial charge in [-0.3, -0.25) is 4.79 Å². The monoisotopic (exact) mass is 454 g/mol. The van der Waals surface area contributed by atoms with E-state index in [1.165, 1.54) is 50.2 Å². The normalized spacial score (nSPS) is 15.6. The van der Waals surface area contributed by atoms with Gasteiger partial charge >= 0.3 is 0 Å². The molecule has 3 heteroatoms. The van der Waals surface area contributed by atoms with Crippen molar-refractivity contribution in [3.8, 4) is 11.1 Å². The van der Waals surface area contributed by atoms with Crippen molar-refractivity contribution in [1.82, 2.24) is 0 Å². The average molecular weight is 455 g/mol. The highest BCUT2D eigenvalue weighted by atomic mass is 19.1. The van der Waals surface area contributed by atoms with Crippen LogP contribution in [0.5, 0.6) is 0 Å². The van der Waals surface area contributed by atoms with E-state index in [1.54, 1.807) is 0 Å².